The fourth-order valence-electron chi connectivity index (χ4n) is 2.54. The van der Waals surface area contributed by atoms with Gasteiger partial charge in [0.15, 0.2) is 17.0 Å². The molecule has 3 heterocycles. The molecular weight excluding hydrogens is 320 g/mol. The summed E-state index contributed by atoms with van der Waals surface area (Å²) in [7, 11) is 0. The smallest absolute Gasteiger partial charge is 0.295 e. The lowest BCUT2D eigenvalue weighted by Gasteiger charge is -2.12. The van der Waals surface area contributed by atoms with E-state index in [2.05, 4.69) is 15.1 Å². The molecule has 0 amide bonds. The van der Waals surface area contributed by atoms with E-state index in [0.29, 0.717) is 40.8 Å². The quantitative estimate of drug-likeness (QED) is 0.776. The summed E-state index contributed by atoms with van der Waals surface area (Å²) in [5.74, 6) is 1.15. The highest BCUT2D eigenvalue weighted by molar-refractivity contribution is 6.32. The Morgan fingerprint density at radius 3 is 3.09 bits per heavy atom. The van der Waals surface area contributed by atoms with Crippen LogP contribution in [0.25, 0.3) is 11.0 Å². The van der Waals surface area contributed by atoms with E-state index in [4.69, 9.17) is 21.1 Å². The molecule has 1 aliphatic heterocycles. The van der Waals surface area contributed by atoms with Gasteiger partial charge < -0.3 is 14.5 Å². The van der Waals surface area contributed by atoms with E-state index in [1.165, 1.54) is 11.0 Å². The molecule has 0 atom stereocenters. The van der Waals surface area contributed by atoms with Crippen LogP contribution in [0.3, 0.4) is 0 Å². The lowest BCUT2D eigenvalue weighted by molar-refractivity contribution is 0.297. The van der Waals surface area contributed by atoms with Gasteiger partial charge in [0.2, 0.25) is 0 Å². The van der Waals surface area contributed by atoms with Crippen LogP contribution in [-0.4, -0.2) is 33.0 Å². The molecule has 3 aromatic rings. The summed E-state index contributed by atoms with van der Waals surface area (Å²) in [6.45, 7) is 1.42. The summed E-state index contributed by atoms with van der Waals surface area (Å²) in [5.41, 5.74) is 1.53. The number of benzene rings is 1. The molecule has 8 heteroatoms. The predicted octanol–water partition coefficient (Wildman–Crippen LogP) is 1.98. The SMILES string of the molecule is O=c1c2nc[nH]c2cnn1Cc1cc(Cl)c2c(c1)OCCCO2. The number of rotatable bonds is 2. The molecule has 0 saturated carbocycles. The Balaban J connectivity index is 1.73. The van der Waals surface area contributed by atoms with Crippen molar-refractivity contribution in [1.29, 1.82) is 0 Å². The molecule has 1 aromatic carbocycles. The molecule has 0 radical (unpaired) electrons. The van der Waals surface area contributed by atoms with Gasteiger partial charge >= 0.3 is 0 Å². The van der Waals surface area contributed by atoms with Crippen LogP contribution in [-0.2, 0) is 6.54 Å². The molecule has 2 aromatic heterocycles. The number of hydrogen-bond donors (Lipinski definition) is 1. The Morgan fingerprint density at radius 2 is 2.17 bits per heavy atom. The van der Waals surface area contributed by atoms with E-state index in [9.17, 15) is 4.79 Å². The van der Waals surface area contributed by atoms with Crippen LogP contribution in [0.4, 0.5) is 0 Å². The average Bonchev–Trinajstić information content (AvgIpc) is 2.89. The zero-order valence-electron chi connectivity index (χ0n) is 12.1. The maximum absolute atomic E-state index is 12.4. The highest BCUT2D eigenvalue weighted by Gasteiger charge is 2.16. The van der Waals surface area contributed by atoms with E-state index < -0.39 is 0 Å². The highest BCUT2D eigenvalue weighted by atomic mass is 35.5. The summed E-state index contributed by atoms with van der Waals surface area (Å²) >= 11 is 6.27. The van der Waals surface area contributed by atoms with E-state index >= 15 is 0 Å². The summed E-state index contributed by atoms with van der Waals surface area (Å²) in [5, 5.41) is 4.62. The molecule has 23 heavy (non-hydrogen) atoms. The van der Waals surface area contributed by atoms with E-state index in [-0.39, 0.29) is 12.1 Å². The number of halogens is 1. The molecule has 118 valence electrons. The summed E-state index contributed by atoms with van der Waals surface area (Å²) in [6.07, 6.45) is 3.86. The number of nitrogens with zero attached hydrogens (tertiary/aromatic N) is 3. The molecule has 7 nitrogen and oxygen atoms in total. The van der Waals surface area contributed by atoms with Crippen LogP contribution >= 0.6 is 11.6 Å². The number of ether oxygens (including phenoxy) is 2. The molecule has 0 aliphatic carbocycles. The third kappa shape index (κ3) is 2.53. The second-order valence-corrected chi connectivity index (χ2v) is 5.63. The fourth-order valence-corrected chi connectivity index (χ4v) is 2.82. The molecule has 0 saturated heterocycles. The van der Waals surface area contributed by atoms with Gasteiger partial charge in [-0.05, 0) is 17.7 Å². The number of nitrogens with one attached hydrogen (secondary N) is 1. The van der Waals surface area contributed by atoms with Crippen LogP contribution in [0.2, 0.25) is 5.02 Å². The Hall–Kier alpha value is -2.54. The largest absolute Gasteiger partial charge is 0.489 e. The number of aromatic nitrogens is 4. The van der Waals surface area contributed by atoms with Crippen molar-refractivity contribution in [3.05, 3.63) is 45.6 Å². The fraction of sp³-hybridized carbons (Fsp3) is 0.267. The summed E-state index contributed by atoms with van der Waals surface area (Å²) in [4.78, 5) is 19.2. The van der Waals surface area contributed by atoms with Crippen LogP contribution in [0, 0.1) is 0 Å². The lowest BCUT2D eigenvalue weighted by atomic mass is 10.2. The molecule has 0 unspecified atom stereocenters. The zero-order valence-corrected chi connectivity index (χ0v) is 12.8. The second-order valence-electron chi connectivity index (χ2n) is 5.23. The molecule has 0 bridgehead atoms. The zero-order chi connectivity index (χ0) is 15.8. The van der Waals surface area contributed by atoms with Crippen molar-refractivity contribution in [3.8, 4) is 11.5 Å². The third-order valence-electron chi connectivity index (χ3n) is 3.63. The Labute approximate surface area is 135 Å². The number of H-pyrrole nitrogens is 1. The second kappa shape index (κ2) is 5.58. The minimum Gasteiger partial charge on any atom is -0.489 e. The predicted molar refractivity (Wildman–Crippen MR) is 84.3 cm³/mol. The van der Waals surface area contributed by atoms with Gasteiger partial charge in [-0.15, -0.1) is 0 Å². The molecular formula is C15H13ClN4O3. The van der Waals surface area contributed by atoms with Gasteiger partial charge in [-0.25, -0.2) is 9.67 Å². The normalized spacial score (nSPS) is 14.0. The van der Waals surface area contributed by atoms with E-state index in [1.807, 2.05) is 6.07 Å². The van der Waals surface area contributed by atoms with Gasteiger partial charge in [0, 0.05) is 6.42 Å². The van der Waals surface area contributed by atoms with Crippen molar-refractivity contribution in [2.24, 2.45) is 0 Å². The first kappa shape index (κ1) is 14.1. The topological polar surface area (TPSA) is 82.0 Å². The van der Waals surface area contributed by atoms with Gasteiger partial charge in [-0.1, -0.05) is 11.6 Å². The van der Waals surface area contributed by atoms with Crippen LogP contribution in [0.1, 0.15) is 12.0 Å². The first-order chi connectivity index (χ1) is 11.2. The van der Waals surface area contributed by atoms with E-state index in [1.54, 1.807) is 12.3 Å². The van der Waals surface area contributed by atoms with Crippen molar-refractivity contribution in [2.45, 2.75) is 13.0 Å². The lowest BCUT2D eigenvalue weighted by Crippen LogP contribution is -2.23. The monoisotopic (exact) mass is 332 g/mol. The standard InChI is InChI=1S/C15H13ClN4O3/c16-10-4-9(5-12-14(10)23-3-1-2-22-12)7-20-15(21)13-11(6-19-20)17-8-18-13/h4-6,8H,1-3,7H2,(H,17,18). The average molecular weight is 333 g/mol. The third-order valence-corrected chi connectivity index (χ3v) is 3.91. The molecule has 4 rings (SSSR count). The highest BCUT2D eigenvalue weighted by Crippen LogP contribution is 2.38. The number of hydrogen-bond acceptors (Lipinski definition) is 5. The molecule has 1 aliphatic rings. The Morgan fingerprint density at radius 1 is 1.30 bits per heavy atom. The maximum Gasteiger partial charge on any atom is 0.295 e. The molecule has 0 fully saturated rings. The number of aromatic amines is 1. The number of imidazole rings is 1. The Kier molecular flexibility index (Phi) is 3.42. The van der Waals surface area contributed by atoms with Gasteiger partial charge in [0.1, 0.15) is 0 Å². The van der Waals surface area contributed by atoms with Crippen molar-refractivity contribution >= 4 is 22.6 Å². The number of fused-ring (bicyclic) bond motifs is 2. The van der Waals surface area contributed by atoms with Crippen molar-refractivity contribution < 1.29 is 9.47 Å². The summed E-state index contributed by atoms with van der Waals surface area (Å²) < 4.78 is 12.6. The Bertz CT molecular complexity index is 934. The van der Waals surface area contributed by atoms with Crippen molar-refractivity contribution in [2.75, 3.05) is 13.2 Å². The van der Waals surface area contributed by atoms with Crippen LogP contribution in [0.5, 0.6) is 11.5 Å². The van der Waals surface area contributed by atoms with Gasteiger partial charge in [-0.3, -0.25) is 4.79 Å². The minimum absolute atomic E-state index is 0.257. The molecule has 0 spiro atoms. The van der Waals surface area contributed by atoms with E-state index in [0.717, 1.165) is 12.0 Å². The van der Waals surface area contributed by atoms with Crippen molar-refractivity contribution in [1.82, 2.24) is 19.7 Å². The van der Waals surface area contributed by atoms with Gasteiger partial charge in [-0.2, -0.15) is 5.10 Å². The van der Waals surface area contributed by atoms with Crippen LogP contribution < -0.4 is 15.0 Å². The van der Waals surface area contributed by atoms with Gasteiger partial charge in [0.25, 0.3) is 5.56 Å². The first-order valence-electron chi connectivity index (χ1n) is 7.19. The summed E-state index contributed by atoms with van der Waals surface area (Å²) in [6, 6.07) is 3.59. The van der Waals surface area contributed by atoms with Crippen LogP contribution in [0.15, 0.2) is 29.5 Å². The first-order valence-corrected chi connectivity index (χ1v) is 7.57. The van der Waals surface area contributed by atoms with Gasteiger partial charge in [0.05, 0.1) is 42.8 Å². The minimum atomic E-state index is -0.257. The van der Waals surface area contributed by atoms with Crippen molar-refractivity contribution in [3.63, 3.8) is 0 Å². The maximum atomic E-state index is 12.4. The molecule has 1 N–H and O–H groups in total.